The van der Waals surface area contributed by atoms with Crippen LogP contribution in [0.15, 0.2) is 83.2 Å². The van der Waals surface area contributed by atoms with E-state index in [2.05, 4.69) is 18.7 Å². The van der Waals surface area contributed by atoms with E-state index < -0.39 is 0 Å². The van der Waals surface area contributed by atoms with Gasteiger partial charge >= 0.3 is 0 Å². The van der Waals surface area contributed by atoms with E-state index in [1.165, 1.54) is 11.8 Å². The SMILES string of the molecule is C=CCN1C(=O)/C(=C/c2ccc(OC)c(OC)c2)SC1=Nc1cccc2ccccc12. The largest absolute Gasteiger partial charge is 0.493 e. The Morgan fingerprint density at radius 1 is 1.03 bits per heavy atom. The number of thioether (sulfide) groups is 1. The third kappa shape index (κ3) is 4.20. The predicted molar refractivity (Wildman–Crippen MR) is 128 cm³/mol. The van der Waals surface area contributed by atoms with E-state index in [1.54, 1.807) is 25.2 Å². The van der Waals surface area contributed by atoms with Gasteiger partial charge in [0.2, 0.25) is 0 Å². The van der Waals surface area contributed by atoms with Crippen LogP contribution in [0.5, 0.6) is 11.5 Å². The molecule has 3 aromatic rings. The molecule has 1 aliphatic rings. The molecular formula is C25H22N2O3S. The van der Waals surface area contributed by atoms with Gasteiger partial charge in [-0.15, -0.1) is 6.58 Å². The van der Waals surface area contributed by atoms with Gasteiger partial charge in [-0.3, -0.25) is 9.69 Å². The number of amides is 1. The zero-order valence-corrected chi connectivity index (χ0v) is 18.2. The number of rotatable bonds is 6. The zero-order chi connectivity index (χ0) is 21.8. The van der Waals surface area contributed by atoms with Gasteiger partial charge in [0.1, 0.15) is 0 Å². The summed E-state index contributed by atoms with van der Waals surface area (Å²) in [5, 5.41) is 2.78. The molecule has 1 saturated heterocycles. The molecule has 0 aromatic heterocycles. The van der Waals surface area contributed by atoms with Gasteiger partial charge in [0.25, 0.3) is 5.91 Å². The van der Waals surface area contributed by atoms with E-state index in [-0.39, 0.29) is 5.91 Å². The number of carbonyl (C=O) groups excluding carboxylic acids is 1. The van der Waals surface area contributed by atoms with Crippen molar-refractivity contribution in [1.82, 2.24) is 4.90 Å². The number of methoxy groups -OCH3 is 2. The average Bonchev–Trinajstić information content (AvgIpc) is 3.08. The molecule has 0 spiro atoms. The highest BCUT2D eigenvalue weighted by Crippen LogP contribution is 2.37. The first-order valence-electron chi connectivity index (χ1n) is 9.75. The first-order valence-corrected chi connectivity index (χ1v) is 10.6. The maximum atomic E-state index is 13.1. The van der Waals surface area contributed by atoms with Crippen LogP contribution in [0.25, 0.3) is 16.8 Å². The van der Waals surface area contributed by atoms with Crippen LogP contribution in [-0.4, -0.2) is 36.7 Å². The molecule has 1 fully saturated rings. The number of ether oxygens (including phenoxy) is 2. The molecule has 0 bridgehead atoms. The Kier molecular flexibility index (Phi) is 6.09. The number of hydrogen-bond acceptors (Lipinski definition) is 5. The fourth-order valence-corrected chi connectivity index (χ4v) is 4.39. The second kappa shape index (κ2) is 9.10. The van der Waals surface area contributed by atoms with Crippen molar-refractivity contribution in [2.24, 2.45) is 4.99 Å². The summed E-state index contributed by atoms with van der Waals surface area (Å²) in [5.41, 5.74) is 1.67. The molecule has 0 aliphatic carbocycles. The summed E-state index contributed by atoms with van der Waals surface area (Å²) < 4.78 is 10.7. The van der Waals surface area contributed by atoms with Crippen molar-refractivity contribution in [2.45, 2.75) is 0 Å². The molecule has 1 amide bonds. The van der Waals surface area contributed by atoms with Crippen molar-refractivity contribution in [2.75, 3.05) is 20.8 Å². The molecule has 1 heterocycles. The maximum Gasteiger partial charge on any atom is 0.267 e. The van der Waals surface area contributed by atoms with Gasteiger partial charge in [-0.1, -0.05) is 48.5 Å². The second-order valence-electron chi connectivity index (χ2n) is 6.82. The molecule has 0 unspecified atom stereocenters. The summed E-state index contributed by atoms with van der Waals surface area (Å²) in [5.74, 6) is 1.15. The Balaban J connectivity index is 1.73. The highest BCUT2D eigenvalue weighted by molar-refractivity contribution is 8.18. The summed E-state index contributed by atoms with van der Waals surface area (Å²) in [6, 6.07) is 19.6. The summed E-state index contributed by atoms with van der Waals surface area (Å²) in [7, 11) is 3.18. The van der Waals surface area contributed by atoms with Crippen LogP contribution < -0.4 is 9.47 Å². The lowest BCUT2D eigenvalue weighted by Crippen LogP contribution is -2.29. The van der Waals surface area contributed by atoms with Gasteiger partial charge in [0.05, 0.1) is 24.8 Å². The fourth-order valence-electron chi connectivity index (χ4n) is 3.38. The van der Waals surface area contributed by atoms with Crippen LogP contribution in [0.3, 0.4) is 0 Å². The van der Waals surface area contributed by atoms with Crippen LogP contribution in [0.4, 0.5) is 5.69 Å². The second-order valence-corrected chi connectivity index (χ2v) is 7.83. The van der Waals surface area contributed by atoms with Crippen LogP contribution in [0.1, 0.15) is 5.56 Å². The third-order valence-corrected chi connectivity index (χ3v) is 5.89. The van der Waals surface area contributed by atoms with E-state index in [0.717, 1.165) is 22.0 Å². The standard InChI is InChI=1S/C25H22N2O3S/c1-4-14-27-24(28)23(16-17-12-13-21(29-2)22(15-17)30-3)31-25(27)26-20-11-7-9-18-8-5-6-10-19(18)20/h4-13,15-16H,1,14H2,2-3H3/b23-16-,26-25?. The van der Waals surface area contributed by atoms with Gasteiger partial charge in [-0.25, -0.2) is 4.99 Å². The Morgan fingerprint density at radius 2 is 1.81 bits per heavy atom. The Hall–Kier alpha value is -3.51. The van der Waals surface area contributed by atoms with Crippen LogP contribution >= 0.6 is 11.8 Å². The Morgan fingerprint density at radius 3 is 2.58 bits per heavy atom. The fraction of sp³-hybridized carbons (Fsp3) is 0.120. The van der Waals surface area contributed by atoms with Crippen LogP contribution in [0, 0.1) is 0 Å². The first-order chi connectivity index (χ1) is 15.1. The van der Waals surface area contributed by atoms with Gasteiger partial charge in [0, 0.05) is 11.9 Å². The molecule has 0 saturated carbocycles. The highest BCUT2D eigenvalue weighted by atomic mass is 32.2. The minimum atomic E-state index is -0.0985. The Bertz CT molecular complexity index is 1210. The monoisotopic (exact) mass is 430 g/mol. The molecule has 4 rings (SSSR count). The predicted octanol–water partition coefficient (Wildman–Crippen LogP) is 5.65. The number of nitrogens with zero attached hydrogens (tertiary/aromatic N) is 2. The molecule has 0 N–H and O–H groups in total. The van der Waals surface area contributed by atoms with E-state index in [0.29, 0.717) is 28.1 Å². The van der Waals surface area contributed by atoms with Crippen molar-refractivity contribution in [1.29, 1.82) is 0 Å². The Labute approximate surface area is 185 Å². The smallest absolute Gasteiger partial charge is 0.267 e. The number of fused-ring (bicyclic) bond motifs is 1. The van der Waals surface area contributed by atoms with Crippen molar-refractivity contribution in [3.05, 3.63) is 83.8 Å². The van der Waals surface area contributed by atoms with Crippen molar-refractivity contribution in [3.8, 4) is 11.5 Å². The minimum absolute atomic E-state index is 0.0985. The quantitative estimate of drug-likeness (QED) is 0.375. The van der Waals surface area contributed by atoms with E-state index in [1.807, 2.05) is 54.6 Å². The number of amidine groups is 1. The summed E-state index contributed by atoms with van der Waals surface area (Å²) in [4.78, 5) is 20.2. The molecule has 6 heteroatoms. The summed E-state index contributed by atoms with van der Waals surface area (Å²) >= 11 is 1.36. The molecule has 5 nitrogen and oxygen atoms in total. The molecule has 3 aromatic carbocycles. The zero-order valence-electron chi connectivity index (χ0n) is 17.4. The lowest BCUT2D eigenvalue weighted by atomic mass is 10.1. The van der Waals surface area contributed by atoms with Crippen LogP contribution in [0.2, 0.25) is 0 Å². The highest BCUT2D eigenvalue weighted by Gasteiger charge is 2.32. The summed E-state index contributed by atoms with van der Waals surface area (Å²) in [6.07, 6.45) is 3.55. The van der Waals surface area contributed by atoms with Gasteiger partial charge in [-0.05, 0) is 47.0 Å². The molecule has 31 heavy (non-hydrogen) atoms. The lowest BCUT2D eigenvalue weighted by Gasteiger charge is -2.13. The van der Waals surface area contributed by atoms with Gasteiger partial charge in [0.15, 0.2) is 16.7 Å². The topological polar surface area (TPSA) is 51.1 Å². The number of benzene rings is 3. The minimum Gasteiger partial charge on any atom is -0.493 e. The maximum absolute atomic E-state index is 13.1. The third-order valence-electron chi connectivity index (χ3n) is 4.89. The molecule has 1 aliphatic heterocycles. The molecule has 0 atom stereocenters. The lowest BCUT2D eigenvalue weighted by molar-refractivity contribution is -0.121. The van der Waals surface area contributed by atoms with Crippen molar-refractivity contribution < 1.29 is 14.3 Å². The van der Waals surface area contributed by atoms with E-state index >= 15 is 0 Å². The molecule has 0 radical (unpaired) electrons. The summed E-state index contributed by atoms with van der Waals surface area (Å²) in [6.45, 7) is 4.18. The van der Waals surface area contributed by atoms with Crippen molar-refractivity contribution >= 4 is 45.4 Å². The molecular weight excluding hydrogens is 408 g/mol. The normalized spacial score (nSPS) is 16.3. The van der Waals surface area contributed by atoms with Gasteiger partial charge in [-0.2, -0.15) is 0 Å². The number of aliphatic imine (C=N–C) groups is 1. The van der Waals surface area contributed by atoms with Crippen molar-refractivity contribution in [3.63, 3.8) is 0 Å². The van der Waals surface area contributed by atoms with E-state index in [4.69, 9.17) is 14.5 Å². The van der Waals surface area contributed by atoms with Gasteiger partial charge < -0.3 is 9.47 Å². The number of carbonyl (C=O) groups is 1. The molecule has 156 valence electrons. The van der Waals surface area contributed by atoms with E-state index in [9.17, 15) is 4.79 Å². The number of hydrogen-bond donors (Lipinski definition) is 0. The van der Waals surface area contributed by atoms with Crippen LogP contribution in [-0.2, 0) is 4.79 Å². The average molecular weight is 431 g/mol. The first kappa shape index (κ1) is 20.8.